The molecule has 1 aromatic rings. The molecule has 1 amide bonds. The maximum atomic E-state index is 12.4. The molecule has 3 rings (SSSR count). The molecule has 0 N–H and O–H groups in total. The SMILES string of the molecule is COc1cccc(N2CCN(C(=O)C3CCCC3)CC2)c1. The first kappa shape index (κ1) is 14.2. The molecule has 0 radical (unpaired) electrons. The molecule has 1 aliphatic carbocycles. The number of nitrogens with zero attached hydrogens (tertiary/aromatic N) is 2. The lowest BCUT2D eigenvalue weighted by Gasteiger charge is -2.37. The first-order valence-electron chi connectivity index (χ1n) is 7.96. The van der Waals surface area contributed by atoms with Gasteiger partial charge in [0.15, 0.2) is 0 Å². The molecule has 0 bridgehead atoms. The van der Waals surface area contributed by atoms with Crippen molar-refractivity contribution in [3.05, 3.63) is 24.3 Å². The molecule has 0 unspecified atom stereocenters. The smallest absolute Gasteiger partial charge is 0.225 e. The number of ether oxygens (including phenoxy) is 1. The predicted molar refractivity (Wildman–Crippen MR) is 83.7 cm³/mol. The normalized spacial score (nSPS) is 19.9. The van der Waals surface area contributed by atoms with E-state index in [4.69, 9.17) is 4.74 Å². The maximum Gasteiger partial charge on any atom is 0.225 e. The summed E-state index contributed by atoms with van der Waals surface area (Å²) >= 11 is 0. The Morgan fingerprint density at radius 2 is 1.86 bits per heavy atom. The Bertz CT molecular complexity index is 489. The molecule has 114 valence electrons. The van der Waals surface area contributed by atoms with Crippen LogP contribution in [-0.2, 0) is 4.79 Å². The number of methoxy groups -OCH3 is 1. The van der Waals surface area contributed by atoms with Gasteiger partial charge in [-0.2, -0.15) is 0 Å². The van der Waals surface area contributed by atoms with E-state index in [1.165, 1.54) is 18.5 Å². The number of amides is 1. The molecule has 1 aromatic carbocycles. The van der Waals surface area contributed by atoms with E-state index in [1.807, 2.05) is 12.1 Å². The summed E-state index contributed by atoms with van der Waals surface area (Å²) in [6.07, 6.45) is 4.63. The van der Waals surface area contributed by atoms with E-state index >= 15 is 0 Å². The summed E-state index contributed by atoms with van der Waals surface area (Å²) in [5.41, 5.74) is 1.18. The second-order valence-corrected chi connectivity index (χ2v) is 6.00. The van der Waals surface area contributed by atoms with E-state index in [0.29, 0.717) is 11.8 Å². The van der Waals surface area contributed by atoms with Gasteiger partial charge in [-0.3, -0.25) is 4.79 Å². The molecule has 1 aliphatic heterocycles. The Hall–Kier alpha value is -1.71. The van der Waals surface area contributed by atoms with Crippen molar-refractivity contribution < 1.29 is 9.53 Å². The molecule has 2 aliphatic rings. The van der Waals surface area contributed by atoms with Gasteiger partial charge in [-0.25, -0.2) is 0 Å². The fraction of sp³-hybridized carbons (Fsp3) is 0.588. The predicted octanol–water partition coefficient (Wildman–Crippen LogP) is 2.53. The number of anilines is 1. The molecule has 1 saturated heterocycles. The number of piperazine rings is 1. The summed E-state index contributed by atoms with van der Waals surface area (Å²) < 4.78 is 5.28. The number of carbonyl (C=O) groups is 1. The summed E-state index contributed by atoms with van der Waals surface area (Å²) in [6.45, 7) is 3.50. The van der Waals surface area contributed by atoms with E-state index in [1.54, 1.807) is 7.11 Å². The van der Waals surface area contributed by atoms with Crippen molar-refractivity contribution in [2.45, 2.75) is 25.7 Å². The lowest BCUT2D eigenvalue weighted by Crippen LogP contribution is -2.50. The van der Waals surface area contributed by atoms with Crippen LogP contribution in [0.1, 0.15) is 25.7 Å². The minimum absolute atomic E-state index is 0.299. The Morgan fingerprint density at radius 1 is 1.14 bits per heavy atom. The molecule has 1 heterocycles. The first-order chi connectivity index (χ1) is 10.3. The van der Waals surface area contributed by atoms with Gasteiger partial charge in [-0.15, -0.1) is 0 Å². The number of rotatable bonds is 3. The Labute approximate surface area is 126 Å². The zero-order chi connectivity index (χ0) is 14.7. The maximum absolute atomic E-state index is 12.4. The molecule has 4 heteroatoms. The van der Waals surface area contributed by atoms with Crippen molar-refractivity contribution in [1.82, 2.24) is 4.90 Å². The number of hydrogen-bond acceptors (Lipinski definition) is 3. The standard InChI is InChI=1S/C17H24N2O2/c1-21-16-8-4-7-15(13-16)18-9-11-19(12-10-18)17(20)14-5-2-3-6-14/h4,7-8,13-14H,2-3,5-6,9-12H2,1H3. The third kappa shape index (κ3) is 3.14. The van der Waals surface area contributed by atoms with Crippen molar-refractivity contribution in [3.63, 3.8) is 0 Å². The zero-order valence-corrected chi connectivity index (χ0v) is 12.8. The summed E-state index contributed by atoms with van der Waals surface area (Å²) in [4.78, 5) is 16.8. The molecular weight excluding hydrogens is 264 g/mol. The quantitative estimate of drug-likeness (QED) is 0.857. The minimum atomic E-state index is 0.299. The first-order valence-corrected chi connectivity index (χ1v) is 7.96. The van der Waals surface area contributed by atoms with Gasteiger partial charge in [-0.1, -0.05) is 18.9 Å². The van der Waals surface area contributed by atoms with Gasteiger partial charge in [0.05, 0.1) is 7.11 Å². The van der Waals surface area contributed by atoms with Crippen LogP contribution in [0.3, 0.4) is 0 Å². The molecule has 2 fully saturated rings. The molecule has 0 spiro atoms. The third-order valence-electron chi connectivity index (χ3n) is 4.71. The highest BCUT2D eigenvalue weighted by molar-refractivity contribution is 5.79. The minimum Gasteiger partial charge on any atom is -0.497 e. The number of benzene rings is 1. The van der Waals surface area contributed by atoms with Crippen molar-refractivity contribution >= 4 is 11.6 Å². The summed E-state index contributed by atoms with van der Waals surface area (Å²) in [5, 5.41) is 0. The van der Waals surface area contributed by atoms with E-state index < -0.39 is 0 Å². The van der Waals surface area contributed by atoms with Gasteiger partial charge in [-0.05, 0) is 25.0 Å². The van der Waals surface area contributed by atoms with E-state index in [2.05, 4.69) is 21.9 Å². The summed E-state index contributed by atoms with van der Waals surface area (Å²) in [6, 6.07) is 8.15. The zero-order valence-electron chi connectivity index (χ0n) is 12.8. The average molecular weight is 288 g/mol. The topological polar surface area (TPSA) is 32.8 Å². The summed E-state index contributed by atoms with van der Waals surface area (Å²) in [5.74, 6) is 1.57. The van der Waals surface area contributed by atoms with Crippen molar-refractivity contribution in [2.24, 2.45) is 5.92 Å². The lowest BCUT2D eigenvalue weighted by molar-refractivity contribution is -0.135. The Kier molecular flexibility index (Phi) is 4.32. The average Bonchev–Trinajstić information content (AvgIpc) is 3.09. The van der Waals surface area contributed by atoms with Crippen LogP contribution in [0.25, 0.3) is 0 Å². The van der Waals surface area contributed by atoms with Gasteiger partial charge >= 0.3 is 0 Å². The third-order valence-corrected chi connectivity index (χ3v) is 4.71. The highest BCUT2D eigenvalue weighted by atomic mass is 16.5. The fourth-order valence-electron chi connectivity index (χ4n) is 3.42. The molecular formula is C17H24N2O2. The Morgan fingerprint density at radius 3 is 2.52 bits per heavy atom. The van der Waals surface area contributed by atoms with Crippen LogP contribution in [0.15, 0.2) is 24.3 Å². The molecule has 1 saturated carbocycles. The van der Waals surface area contributed by atoms with Crippen molar-refractivity contribution in [1.29, 1.82) is 0 Å². The van der Waals surface area contributed by atoms with Gasteiger partial charge in [0.2, 0.25) is 5.91 Å². The molecule has 0 aromatic heterocycles. The van der Waals surface area contributed by atoms with E-state index in [-0.39, 0.29) is 0 Å². The highest BCUT2D eigenvalue weighted by Gasteiger charge is 2.29. The monoisotopic (exact) mass is 288 g/mol. The highest BCUT2D eigenvalue weighted by Crippen LogP contribution is 2.28. The summed E-state index contributed by atoms with van der Waals surface area (Å²) in [7, 11) is 1.69. The van der Waals surface area contributed by atoms with Crippen LogP contribution in [0, 0.1) is 5.92 Å². The van der Waals surface area contributed by atoms with Crippen LogP contribution in [0.2, 0.25) is 0 Å². The van der Waals surface area contributed by atoms with Crippen LogP contribution >= 0.6 is 0 Å². The van der Waals surface area contributed by atoms with Crippen molar-refractivity contribution in [2.75, 3.05) is 38.2 Å². The molecule has 0 atom stereocenters. The fourth-order valence-corrected chi connectivity index (χ4v) is 3.42. The van der Waals surface area contributed by atoms with Crippen molar-refractivity contribution in [3.8, 4) is 5.75 Å². The largest absolute Gasteiger partial charge is 0.497 e. The second-order valence-electron chi connectivity index (χ2n) is 6.00. The molecule has 4 nitrogen and oxygen atoms in total. The van der Waals surface area contributed by atoms with Gasteiger partial charge in [0, 0.05) is 43.9 Å². The van der Waals surface area contributed by atoms with Gasteiger partial charge in [0.25, 0.3) is 0 Å². The van der Waals surface area contributed by atoms with Crippen LogP contribution in [0.5, 0.6) is 5.75 Å². The molecule has 21 heavy (non-hydrogen) atoms. The lowest BCUT2D eigenvalue weighted by atomic mass is 10.1. The van der Waals surface area contributed by atoms with Gasteiger partial charge in [0.1, 0.15) is 5.75 Å². The number of hydrogen-bond donors (Lipinski definition) is 0. The van der Waals surface area contributed by atoms with E-state index in [0.717, 1.165) is 44.8 Å². The van der Waals surface area contributed by atoms with Crippen LogP contribution < -0.4 is 9.64 Å². The van der Waals surface area contributed by atoms with Crippen LogP contribution in [0.4, 0.5) is 5.69 Å². The second kappa shape index (κ2) is 6.37. The number of carbonyl (C=O) groups excluding carboxylic acids is 1. The van der Waals surface area contributed by atoms with E-state index in [9.17, 15) is 4.79 Å². The van der Waals surface area contributed by atoms with Gasteiger partial charge < -0.3 is 14.5 Å². The van der Waals surface area contributed by atoms with Crippen LogP contribution in [-0.4, -0.2) is 44.1 Å². The Balaban J connectivity index is 1.58.